The van der Waals surface area contributed by atoms with Crippen molar-refractivity contribution in [2.75, 3.05) is 0 Å². The zero-order valence-electron chi connectivity index (χ0n) is 26.4. The van der Waals surface area contributed by atoms with Crippen LogP contribution in [-0.2, 0) is 27.6 Å². The van der Waals surface area contributed by atoms with Gasteiger partial charge in [0.05, 0.1) is 5.52 Å². The molecule has 0 unspecified atom stereocenters. The van der Waals surface area contributed by atoms with Gasteiger partial charge in [0.25, 0.3) is 0 Å². The fourth-order valence-electron chi connectivity index (χ4n) is 8.02. The summed E-state index contributed by atoms with van der Waals surface area (Å²) in [5, 5.41) is 7.91. The number of aryl methyl sites for hydroxylation is 5. The Kier molecular flexibility index (Phi) is 5.44. The van der Waals surface area contributed by atoms with Crippen molar-refractivity contribution in [3.8, 4) is 11.1 Å². The van der Waals surface area contributed by atoms with Crippen molar-refractivity contribution in [1.29, 1.82) is 0 Å². The first-order valence-electron chi connectivity index (χ1n) is 15.8. The fraction of sp³-hybridized carbons (Fsp3) is 0.143. The van der Waals surface area contributed by atoms with Crippen molar-refractivity contribution in [3.63, 3.8) is 0 Å². The van der Waals surface area contributed by atoms with Crippen LogP contribution in [0.2, 0.25) is 0 Å². The summed E-state index contributed by atoms with van der Waals surface area (Å²) in [5.41, 5.74) is 15.6. The average molecular weight is 582 g/mol. The van der Waals surface area contributed by atoms with E-state index in [4.69, 9.17) is 0 Å². The van der Waals surface area contributed by atoms with E-state index in [1.807, 2.05) is 0 Å². The molecule has 0 saturated carbocycles. The Morgan fingerprint density at radius 2 is 1.00 bits per heavy atom. The molecule has 0 saturated heterocycles. The summed E-state index contributed by atoms with van der Waals surface area (Å²) in [6.45, 7) is 4.44. The van der Waals surface area contributed by atoms with Crippen LogP contribution in [0.25, 0.3) is 76.5 Å². The van der Waals surface area contributed by atoms with Crippen LogP contribution in [0.4, 0.5) is 0 Å². The zero-order valence-corrected chi connectivity index (χ0v) is 26.4. The Morgan fingerprint density at radius 1 is 0.422 bits per heavy atom. The van der Waals surface area contributed by atoms with Crippen LogP contribution in [0.15, 0.2) is 109 Å². The lowest BCUT2D eigenvalue weighted by molar-refractivity contribution is 1.00. The minimum atomic E-state index is 0.906. The molecule has 0 amide bonds. The molecule has 45 heavy (non-hydrogen) atoms. The molecule has 0 fully saturated rings. The van der Waals surface area contributed by atoms with Crippen LogP contribution in [0, 0.1) is 13.8 Å². The van der Waals surface area contributed by atoms with Gasteiger partial charge >= 0.3 is 0 Å². The molecule has 0 spiro atoms. The van der Waals surface area contributed by atoms with E-state index in [1.165, 1.54) is 98.8 Å². The van der Waals surface area contributed by atoms with E-state index in [2.05, 4.69) is 158 Å². The molecule has 9 aromatic rings. The molecule has 0 atom stereocenters. The number of rotatable bonds is 3. The van der Waals surface area contributed by atoms with Crippen molar-refractivity contribution >= 4 is 65.4 Å². The average Bonchev–Trinajstić information content (AvgIpc) is 3.61. The topological polar surface area (TPSA) is 14.8 Å². The Bertz CT molecular complexity index is 2670. The minimum Gasteiger partial charge on any atom is -0.344 e. The lowest BCUT2D eigenvalue weighted by Gasteiger charge is -2.09. The molecule has 0 aliphatic carbocycles. The van der Waals surface area contributed by atoms with E-state index in [9.17, 15) is 0 Å². The molecule has 0 N–H and O–H groups in total. The quantitative estimate of drug-likeness (QED) is 0.197. The summed E-state index contributed by atoms with van der Waals surface area (Å²) in [5.74, 6) is 0. The third-order valence-corrected chi connectivity index (χ3v) is 10.3. The highest BCUT2D eigenvalue weighted by atomic mass is 14.9. The number of fused-ring (bicyclic) bond motifs is 9. The van der Waals surface area contributed by atoms with Crippen LogP contribution in [-0.4, -0.2) is 13.7 Å². The molecule has 0 radical (unpaired) electrons. The van der Waals surface area contributed by atoms with Crippen LogP contribution >= 0.6 is 0 Å². The van der Waals surface area contributed by atoms with Gasteiger partial charge in [-0.2, -0.15) is 0 Å². The Balaban J connectivity index is 1.12. The second-order valence-corrected chi connectivity index (χ2v) is 13.0. The van der Waals surface area contributed by atoms with Crippen LogP contribution in [0.5, 0.6) is 0 Å². The molecular formula is C42H35N3. The number of nitrogens with zero attached hydrogens (tertiary/aromatic N) is 3. The van der Waals surface area contributed by atoms with Crippen LogP contribution in [0.3, 0.4) is 0 Å². The van der Waals surface area contributed by atoms with Gasteiger partial charge in [0.2, 0.25) is 0 Å². The minimum absolute atomic E-state index is 0.906. The van der Waals surface area contributed by atoms with Gasteiger partial charge in [-0.3, -0.25) is 0 Å². The summed E-state index contributed by atoms with van der Waals surface area (Å²) in [7, 11) is 6.58. The molecule has 9 rings (SSSR count). The first-order valence-corrected chi connectivity index (χ1v) is 15.8. The number of hydrogen-bond acceptors (Lipinski definition) is 0. The predicted molar refractivity (Wildman–Crippen MR) is 193 cm³/mol. The van der Waals surface area contributed by atoms with Gasteiger partial charge < -0.3 is 13.7 Å². The summed E-state index contributed by atoms with van der Waals surface area (Å²) < 4.78 is 7.05. The summed E-state index contributed by atoms with van der Waals surface area (Å²) in [6, 6.07) is 41.0. The summed E-state index contributed by atoms with van der Waals surface area (Å²) >= 11 is 0. The van der Waals surface area contributed by atoms with E-state index < -0.39 is 0 Å². The van der Waals surface area contributed by atoms with E-state index in [0.717, 1.165) is 6.42 Å². The van der Waals surface area contributed by atoms with E-state index in [-0.39, 0.29) is 0 Å². The lowest BCUT2D eigenvalue weighted by Crippen LogP contribution is -1.93. The maximum atomic E-state index is 2.39. The standard InChI is InChI=1S/C42H35N3/c1-25-9-8-11-34-33-17-14-28(22-39(33)45(5)42(25)34)20-27-13-16-31-32-18-15-29(23-40(32)44(4)38(31)21-27)35-24-41-36(19-26(35)2)30-10-6-7-12-37(30)43(41)3/h6-19,21-24H,20H2,1-5H3. The first-order chi connectivity index (χ1) is 21.9. The molecule has 0 aliphatic rings. The van der Waals surface area contributed by atoms with Crippen molar-refractivity contribution in [2.24, 2.45) is 21.1 Å². The second kappa shape index (κ2) is 9.36. The highest BCUT2D eigenvalue weighted by Gasteiger charge is 2.15. The normalized spacial score (nSPS) is 12.2. The number of hydrogen-bond donors (Lipinski definition) is 0. The molecule has 0 bridgehead atoms. The molecule has 6 aromatic carbocycles. The Morgan fingerprint density at radius 3 is 1.78 bits per heavy atom. The van der Waals surface area contributed by atoms with Crippen molar-refractivity contribution in [2.45, 2.75) is 20.3 Å². The monoisotopic (exact) mass is 581 g/mol. The van der Waals surface area contributed by atoms with Gasteiger partial charge in [-0.1, -0.05) is 72.8 Å². The van der Waals surface area contributed by atoms with Gasteiger partial charge in [0.1, 0.15) is 0 Å². The van der Waals surface area contributed by atoms with Gasteiger partial charge in [0.15, 0.2) is 0 Å². The third-order valence-electron chi connectivity index (χ3n) is 10.3. The lowest BCUT2D eigenvalue weighted by atomic mass is 9.97. The largest absolute Gasteiger partial charge is 0.344 e. The van der Waals surface area contributed by atoms with Gasteiger partial charge in [0, 0.05) is 81.0 Å². The van der Waals surface area contributed by atoms with Gasteiger partial charge in [-0.15, -0.1) is 0 Å². The SMILES string of the molecule is Cc1cc2c3ccccc3n(C)c2cc1-c1ccc2c3ccc(Cc4ccc5c6cccc(C)c6n(C)c5c4)cc3n(C)c2c1. The van der Waals surface area contributed by atoms with Gasteiger partial charge in [-0.05, 0) is 90.0 Å². The van der Waals surface area contributed by atoms with Crippen molar-refractivity contribution in [3.05, 3.63) is 131 Å². The Labute approximate surface area is 262 Å². The summed E-state index contributed by atoms with van der Waals surface area (Å²) in [6.07, 6.45) is 0.906. The molecule has 3 heterocycles. The van der Waals surface area contributed by atoms with E-state index in [1.54, 1.807) is 0 Å². The number of para-hydroxylation sites is 2. The highest BCUT2D eigenvalue weighted by molar-refractivity contribution is 6.12. The second-order valence-electron chi connectivity index (χ2n) is 13.0. The number of benzene rings is 6. The van der Waals surface area contributed by atoms with Crippen LogP contribution < -0.4 is 0 Å². The molecule has 3 nitrogen and oxygen atoms in total. The van der Waals surface area contributed by atoms with Crippen LogP contribution in [0.1, 0.15) is 22.3 Å². The molecule has 218 valence electrons. The molecule has 3 heteroatoms. The zero-order chi connectivity index (χ0) is 30.6. The first kappa shape index (κ1) is 26.2. The molecule has 3 aromatic heterocycles. The van der Waals surface area contributed by atoms with Crippen molar-refractivity contribution < 1.29 is 0 Å². The highest BCUT2D eigenvalue weighted by Crippen LogP contribution is 2.37. The smallest absolute Gasteiger partial charge is 0.0518 e. The maximum absolute atomic E-state index is 2.39. The summed E-state index contributed by atoms with van der Waals surface area (Å²) in [4.78, 5) is 0. The van der Waals surface area contributed by atoms with Crippen molar-refractivity contribution in [1.82, 2.24) is 13.7 Å². The van der Waals surface area contributed by atoms with Gasteiger partial charge in [-0.25, -0.2) is 0 Å². The Hall–Kier alpha value is -5.28. The molecule has 0 aliphatic heterocycles. The fourth-order valence-corrected chi connectivity index (χ4v) is 8.02. The van der Waals surface area contributed by atoms with E-state index in [0.29, 0.717) is 0 Å². The maximum Gasteiger partial charge on any atom is 0.0518 e. The predicted octanol–water partition coefficient (Wildman–Crippen LogP) is 10.5. The number of aromatic nitrogens is 3. The van der Waals surface area contributed by atoms with E-state index >= 15 is 0 Å². The third kappa shape index (κ3) is 3.70. The molecular weight excluding hydrogens is 546 g/mol.